The average Bonchev–Trinajstić information content (AvgIpc) is 2.52. The molecular weight excluding hydrogens is 248 g/mol. The molecule has 0 bridgehead atoms. The summed E-state index contributed by atoms with van der Waals surface area (Å²) >= 11 is 0. The number of rotatable bonds is 7. The maximum Gasteiger partial charge on any atom is 0.162 e. The van der Waals surface area contributed by atoms with Crippen molar-refractivity contribution in [2.75, 3.05) is 6.61 Å². The van der Waals surface area contributed by atoms with Crippen molar-refractivity contribution >= 4 is 5.78 Å². The quantitative estimate of drug-likeness (QED) is 0.535. The second-order valence-electron chi connectivity index (χ2n) is 5.83. The lowest BCUT2D eigenvalue weighted by Crippen LogP contribution is -2.23. The third-order valence-corrected chi connectivity index (χ3v) is 4.31. The third-order valence-electron chi connectivity index (χ3n) is 4.31. The molecule has 1 aliphatic rings. The van der Waals surface area contributed by atoms with Crippen molar-refractivity contribution in [3.05, 3.63) is 35.9 Å². The van der Waals surface area contributed by atoms with E-state index >= 15 is 0 Å². The summed E-state index contributed by atoms with van der Waals surface area (Å²) in [4.78, 5) is 11.9. The van der Waals surface area contributed by atoms with Crippen LogP contribution in [0.1, 0.15) is 62.2 Å². The number of ether oxygens (including phenoxy) is 1. The molecule has 1 aromatic rings. The standard InChI is InChI=1S/C18H26O2/c1-2-15-8-6-11-17(14-15)20-13-7-12-18(19)16-9-4-3-5-10-16/h3-5,9-10,15,17H,2,6-8,11-14H2,1H3. The van der Waals surface area contributed by atoms with Gasteiger partial charge in [0.15, 0.2) is 5.78 Å². The fourth-order valence-electron chi connectivity index (χ4n) is 3.01. The van der Waals surface area contributed by atoms with Crippen LogP contribution < -0.4 is 0 Å². The van der Waals surface area contributed by atoms with Crippen molar-refractivity contribution in [3.8, 4) is 0 Å². The van der Waals surface area contributed by atoms with E-state index in [0.717, 1.165) is 24.5 Å². The Kier molecular flexibility index (Phi) is 6.25. The normalized spacial score (nSPS) is 22.6. The van der Waals surface area contributed by atoms with Gasteiger partial charge >= 0.3 is 0 Å². The molecule has 2 heteroatoms. The molecule has 0 aromatic heterocycles. The number of benzene rings is 1. The van der Waals surface area contributed by atoms with Crippen molar-refractivity contribution in [2.24, 2.45) is 5.92 Å². The van der Waals surface area contributed by atoms with E-state index in [9.17, 15) is 4.79 Å². The predicted molar refractivity (Wildman–Crippen MR) is 82.0 cm³/mol. The topological polar surface area (TPSA) is 26.3 Å². The number of carbonyl (C=O) groups excluding carboxylic acids is 1. The van der Waals surface area contributed by atoms with E-state index in [1.54, 1.807) is 0 Å². The average molecular weight is 274 g/mol. The summed E-state index contributed by atoms with van der Waals surface area (Å²) in [6, 6.07) is 9.53. The zero-order valence-electron chi connectivity index (χ0n) is 12.5. The molecule has 2 rings (SSSR count). The van der Waals surface area contributed by atoms with E-state index in [4.69, 9.17) is 4.74 Å². The molecule has 0 spiro atoms. The van der Waals surface area contributed by atoms with Crippen LogP contribution in [-0.2, 0) is 4.74 Å². The van der Waals surface area contributed by atoms with Crippen LogP contribution in [0.2, 0.25) is 0 Å². The lowest BCUT2D eigenvalue weighted by Gasteiger charge is -2.28. The number of ketones is 1. The second kappa shape index (κ2) is 8.21. The first-order valence-electron chi connectivity index (χ1n) is 7.99. The number of hydrogen-bond acceptors (Lipinski definition) is 2. The van der Waals surface area contributed by atoms with Gasteiger partial charge in [-0.25, -0.2) is 0 Å². The third kappa shape index (κ3) is 4.75. The van der Waals surface area contributed by atoms with E-state index in [-0.39, 0.29) is 5.78 Å². The Balaban J connectivity index is 1.63. The van der Waals surface area contributed by atoms with Gasteiger partial charge in [-0.05, 0) is 25.2 Å². The molecule has 1 aromatic carbocycles. The van der Waals surface area contributed by atoms with Crippen LogP contribution in [0.4, 0.5) is 0 Å². The van der Waals surface area contributed by atoms with Crippen LogP contribution >= 0.6 is 0 Å². The smallest absolute Gasteiger partial charge is 0.162 e. The maximum atomic E-state index is 11.9. The highest BCUT2D eigenvalue weighted by atomic mass is 16.5. The Labute approximate surface area is 122 Å². The molecule has 1 fully saturated rings. The highest BCUT2D eigenvalue weighted by Gasteiger charge is 2.20. The summed E-state index contributed by atoms with van der Waals surface area (Å²) in [5, 5.41) is 0. The van der Waals surface area contributed by atoms with Gasteiger partial charge in [-0.15, -0.1) is 0 Å². The Morgan fingerprint density at radius 3 is 2.80 bits per heavy atom. The molecule has 0 aliphatic heterocycles. The lowest BCUT2D eigenvalue weighted by molar-refractivity contribution is 0.0109. The van der Waals surface area contributed by atoms with Gasteiger partial charge in [-0.3, -0.25) is 4.79 Å². The zero-order chi connectivity index (χ0) is 14.2. The van der Waals surface area contributed by atoms with E-state index in [1.165, 1.54) is 32.1 Å². The summed E-state index contributed by atoms with van der Waals surface area (Å²) in [6.45, 7) is 2.99. The molecular formula is C18H26O2. The molecule has 2 nitrogen and oxygen atoms in total. The highest BCUT2D eigenvalue weighted by Crippen LogP contribution is 2.28. The summed E-state index contributed by atoms with van der Waals surface area (Å²) in [5.41, 5.74) is 0.816. The molecule has 1 aliphatic carbocycles. The Morgan fingerprint density at radius 2 is 2.05 bits per heavy atom. The molecule has 20 heavy (non-hydrogen) atoms. The maximum absolute atomic E-state index is 11.9. The minimum Gasteiger partial charge on any atom is -0.378 e. The monoisotopic (exact) mass is 274 g/mol. The first-order valence-corrected chi connectivity index (χ1v) is 7.99. The molecule has 0 N–H and O–H groups in total. The fraction of sp³-hybridized carbons (Fsp3) is 0.611. The van der Waals surface area contributed by atoms with Gasteiger partial charge in [0.2, 0.25) is 0 Å². The van der Waals surface area contributed by atoms with Gasteiger partial charge in [0.1, 0.15) is 0 Å². The van der Waals surface area contributed by atoms with Crippen molar-refractivity contribution in [3.63, 3.8) is 0 Å². The van der Waals surface area contributed by atoms with Gasteiger partial charge in [-0.2, -0.15) is 0 Å². The van der Waals surface area contributed by atoms with Gasteiger partial charge < -0.3 is 4.74 Å². The molecule has 110 valence electrons. The van der Waals surface area contributed by atoms with Crippen molar-refractivity contribution in [2.45, 2.75) is 58.0 Å². The largest absolute Gasteiger partial charge is 0.378 e. The van der Waals surface area contributed by atoms with E-state index in [1.807, 2.05) is 30.3 Å². The van der Waals surface area contributed by atoms with Gasteiger partial charge in [0.05, 0.1) is 6.10 Å². The highest BCUT2D eigenvalue weighted by molar-refractivity contribution is 5.95. The van der Waals surface area contributed by atoms with Crippen LogP contribution in [0.15, 0.2) is 30.3 Å². The van der Waals surface area contributed by atoms with Crippen LogP contribution in [0, 0.1) is 5.92 Å². The predicted octanol–water partition coefficient (Wildman–Crippen LogP) is 4.63. The Bertz CT molecular complexity index is 399. The van der Waals surface area contributed by atoms with Gasteiger partial charge in [0.25, 0.3) is 0 Å². The Hall–Kier alpha value is -1.15. The summed E-state index contributed by atoms with van der Waals surface area (Å²) in [5.74, 6) is 1.07. The zero-order valence-corrected chi connectivity index (χ0v) is 12.5. The molecule has 2 atom stereocenters. The second-order valence-corrected chi connectivity index (χ2v) is 5.83. The minimum atomic E-state index is 0.226. The van der Waals surface area contributed by atoms with E-state index in [2.05, 4.69) is 6.92 Å². The van der Waals surface area contributed by atoms with Crippen molar-refractivity contribution in [1.82, 2.24) is 0 Å². The SMILES string of the molecule is CCC1CCCC(OCCCC(=O)c2ccccc2)C1. The molecule has 2 unspecified atom stereocenters. The first kappa shape index (κ1) is 15.2. The van der Waals surface area contributed by atoms with Crippen LogP contribution in [-0.4, -0.2) is 18.5 Å². The Morgan fingerprint density at radius 1 is 1.25 bits per heavy atom. The van der Waals surface area contributed by atoms with Gasteiger partial charge in [0, 0.05) is 18.6 Å². The number of hydrogen-bond donors (Lipinski definition) is 0. The van der Waals surface area contributed by atoms with Crippen molar-refractivity contribution in [1.29, 1.82) is 0 Å². The first-order chi connectivity index (χ1) is 9.79. The molecule has 0 amide bonds. The molecule has 0 heterocycles. The number of Topliss-reactive ketones (excluding diaryl/α,β-unsaturated/α-hetero) is 1. The fourth-order valence-corrected chi connectivity index (χ4v) is 3.01. The van der Waals surface area contributed by atoms with Crippen LogP contribution in [0.3, 0.4) is 0 Å². The van der Waals surface area contributed by atoms with Gasteiger partial charge in [-0.1, -0.05) is 56.5 Å². The molecule has 1 saturated carbocycles. The summed E-state index contributed by atoms with van der Waals surface area (Å²) in [7, 11) is 0. The molecule has 0 saturated heterocycles. The minimum absolute atomic E-state index is 0.226. The van der Waals surface area contributed by atoms with E-state index in [0.29, 0.717) is 12.5 Å². The van der Waals surface area contributed by atoms with Crippen LogP contribution in [0.5, 0.6) is 0 Å². The lowest BCUT2D eigenvalue weighted by atomic mass is 9.85. The van der Waals surface area contributed by atoms with Crippen molar-refractivity contribution < 1.29 is 9.53 Å². The summed E-state index contributed by atoms with van der Waals surface area (Å²) in [6.07, 6.45) is 8.20. The van der Waals surface area contributed by atoms with Crippen LogP contribution in [0.25, 0.3) is 0 Å². The number of carbonyl (C=O) groups is 1. The van der Waals surface area contributed by atoms with E-state index < -0.39 is 0 Å². The molecule has 0 radical (unpaired) electrons. The summed E-state index contributed by atoms with van der Waals surface area (Å²) < 4.78 is 5.95.